The Morgan fingerprint density at radius 1 is 1.50 bits per heavy atom. The van der Waals surface area contributed by atoms with Gasteiger partial charge in [0.1, 0.15) is 11.6 Å². The third-order valence-corrected chi connectivity index (χ3v) is 4.84. The molecule has 0 radical (unpaired) electrons. The van der Waals surface area contributed by atoms with Crippen LogP contribution in [0.5, 0.6) is 0 Å². The lowest BCUT2D eigenvalue weighted by atomic mass is 10.2. The van der Waals surface area contributed by atoms with Crippen LogP contribution in [0.4, 0.5) is 13.9 Å². The number of aromatic nitrogens is 4. The molecule has 134 valence electrons. The number of H-pyrrole nitrogens is 1. The number of rotatable bonds is 5. The normalized spacial score (nSPS) is 10.7. The Kier molecular flexibility index (Phi) is 5.05. The maximum Gasteiger partial charge on any atom is 0.260 e. The number of aromatic amines is 1. The molecule has 0 aliphatic rings. The second-order valence-electron chi connectivity index (χ2n) is 5.26. The van der Waals surface area contributed by atoms with Crippen LogP contribution in [-0.4, -0.2) is 25.7 Å². The summed E-state index contributed by atoms with van der Waals surface area (Å²) in [6.07, 6.45) is 1.68. The zero-order valence-corrected chi connectivity index (χ0v) is 15.2. The quantitative estimate of drug-likeness (QED) is 0.506. The van der Waals surface area contributed by atoms with E-state index in [0.29, 0.717) is 27.7 Å². The molecule has 26 heavy (non-hydrogen) atoms. The molecule has 0 spiro atoms. The van der Waals surface area contributed by atoms with Crippen molar-refractivity contribution in [2.75, 3.05) is 5.32 Å². The SMILES string of the molecule is C=CCn1c(-c2sc(NC(=O)c3cc(F)ccc3F)nc2C)n[nH]c1=S. The number of halogens is 2. The largest absolute Gasteiger partial charge is 0.298 e. The second kappa shape index (κ2) is 7.26. The minimum Gasteiger partial charge on any atom is -0.298 e. The summed E-state index contributed by atoms with van der Waals surface area (Å²) in [6.45, 7) is 5.89. The lowest BCUT2D eigenvalue weighted by molar-refractivity contribution is 0.102. The number of anilines is 1. The predicted molar refractivity (Wildman–Crippen MR) is 97.8 cm³/mol. The van der Waals surface area contributed by atoms with Gasteiger partial charge in [-0.15, -0.1) is 6.58 Å². The van der Waals surface area contributed by atoms with Gasteiger partial charge in [0.15, 0.2) is 15.7 Å². The molecule has 2 heterocycles. The van der Waals surface area contributed by atoms with E-state index in [1.807, 2.05) is 0 Å². The molecule has 3 rings (SSSR count). The van der Waals surface area contributed by atoms with Crippen molar-refractivity contribution < 1.29 is 13.6 Å². The molecule has 1 amide bonds. The van der Waals surface area contributed by atoms with Gasteiger partial charge in [-0.2, -0.15) is 5.10 Å². The average Bonchev–Trinajstić information content (AvgIpc) is 3.13. The van der Waals surface area contributed by atoms with Gasteiger partial charge in [0.25, 0.3) is 5.91 Å². The first-order valence-corrected chi connectivity index (χ1v) is 8.63. The summed E-state index contributed by atoms with van der Waals surface area (Å²) in [4.78, 5) is 17.2. The van der Waals surface area contributed by atoms with Gasteiger partial charge in [-0.3, -0.25) is 19.8 Å². The zero-order chi connectivity index (χ0) is 18.8. The number of carbonyl (C=O) groups is 1. The minimum absolute atomic E-state index is 0.241. The van der Waals surface area contributed by atoms with Crippen molar-refractivity contribution in [1.29, 1.82) is 0 Å². The minimum atomic E-state index is -0.815. The first-order chi connectivity index (χ1) is 12.4. The highest BCUT2D eigenvalue weighted by Gasteiger charge is 2.19. The summed E-state index contributed by atoms with van der Waals surface area (Å²) in [5, 5.41) is 9.62. The number of nitrogens with zero attached hydrogens (tertiary/aromatic N) is 3. The highest BCUT2D eigenvalue weighted by Crippen LogP contribution is 2.32. The van der Waals surface area contributed by atoms with Crippen molar-refractivity contribution in [3.63, 3.8) is 0 Å². The van der Waals surface area contributed by atoms with Gasteiger partial charge >= 0.3 is 0 Å². The van der Waals surface area contributed by atoms with E-state index in [0.717, 1.165) is 29.5 Å². The molecule has 0 aliphatic heterocycles. The van der Waals surface area contributed by atoms with E-state index in [4.69, 9.17) is 12.2 Å². The van der Waals surface area contributed by atoms with Crippen molar-refractivity contribution in [3.8, 4) is 10.7 Å². The van der Waals surface area contributed by atoms with Gasteiger partial charge in [0.05, 0.1) is 16.1 Å². The monoisotopic (exact) mass is 393 g/mol. The van der Waals surface area contributed by atoms with Gasteiger partial charge in [0, 0.05) is 6.54 Å². The van der Waals surface area contributed by atoms with Crippen LogP contribution in [0.15, 0.2) is 30.9 Å². The molecule has 0 saturated heterocycles. The van der Waals surface area contributed by atoms with E-state index in [1.54, 1.807) is 17.6 Å². The molecule has 1 aromatic carbocycles. The topological polar surface area (TPSA) is 75.6 Å². The standard InChI is InChI=1S/C16H13F2N5OS2/c1-3-6-23-13(21-22-16(23)25)12-8(2)19-15(26-12)20-14(24)10-7-9(17)4-5-11(10)18/h3-5,7H,1,6H2,2H3,(H,22,25)(H,19,20,24). The first kappa shape index (κ1) is 18.1. The number of thiazole rings is 1. The third-order valence-electron chi connectivity index (χ3n) is 3.46. The first-order valence-electron chi connectivity index (χ1n) is 7.41. The Morgan fingerprint density at radius 3 is 3.00 bits per heavy atom. The molecule has 2 aromatic heterocycles. The summed E-state index contributed by atoms with van der Waals surface area (Å²) < 4.78 is 29.2. The van der Waals surface area contributed by atoms with Crippen LogP contribution in [0.1, 0.15) is 16.1 Å². The molecule has 6 nitrogen and oxygen atoms in total. The molecule has 0 bridgehead atoms. The lowest BCUT2D eigenvalue weighted by Gasteiger charge is -2.03. The molecule has 10 heteroatoms. The van der Waals surface area contributed by atoms with Crippen LogP contribution in [0, 0.1) is 23.3 Å². The van der Waals surface area contributed by atoms with Crippen LogP contribution in [-0.2, 0) is 6.54 Å². The zero-order valence-electron chi connectivity index (χ0n) is 13.5. The second-order valence-corrected chi connectivity index (χ2v) is 6.65. The van der Waals surface area contributed by atoms with E-state index in [9.17, 15) is 13.6 Å². The Labute approximate surface area is 156 Å². The summed E-state index contributed by atoms with van der Waals surface area (Å²) in [7, 11) is 0. The third kappa shape index (κ3) is 3.46. The summed E-state index contributed by atoms with van der Waals surface area (Å²) in [6, 6.07) is 2.68. The summed E-state index contributed by atoms with van der Waals surface area (Å²) >= 11 is 6.34. The Hall–Kier alpha value is -2.72. The number of benzene rings is 1. The van der Waals surface area contributed by atoms with Crippen molar-refractivity contribution in [2.24, 2.45) is 0 Å². The maximum atomic E-state index is 13.7. The lowest BCUT2D eigenvalue weighted by Crippen LogP contribution is -2.13. The number of hydrogen-bond acceptors (Lipinski definition) is 5. The molecule has 0 atom stereocenters. The fourth-order valence-electron chi connectivity index (χ4n) is 2.28. The number of amides is 1. The average molecular weight is 393 g/mol. The van der Waals surface area contributed by atoms with Crippen molar-refractivity contribution >= 4 is 34.6 Å². The van der Waals surface area contributed by atoms with E-state index < -0.39 is 23.1 Å². The van der Waals surface area contributed by atoms with Crippen LogP contribution >= 0.6 is 23.6 Å². The Morgan fingerprint density at radius 2 is 2.27 bits per heavy atom. The number of aryl methyl sites for hydroxylation is 1. The van der Waals surface area contributed by atoms with Gasteiger partial charge in [-0.1, -0.05) is 17.4 Å². The fraction of sp³-hybridized carbons (Fsp3) is 0.125. The van der Waals surface area contributed by atoms with Crippen molar-refractivity contribution in [1.82, 2.24) is 19.7 Å². The molecule has 0 aliphatic carbocycles. The number of carbonyl (C=O) groups excluding carboxylic acids is 1. The highest BCUT2D eigenvalue weighted by atomic mass is 32.1. The number of hydrogen-bond donors (Lipinski definition) is 2. The van der Waals surface area contributed by atoms with Crippen LogP contribution in [0.25, 0.3) is 10.7 Å². The van der Waals surface area contributed by atoms with Gasteiger partial charge in [-0.25, -0.2) is 13.8 Å². The summed E-state index contributed by atoms with van der Waals surface area (Å²) in [5.74, 6) is -1.74. The van der Waals surface area contributed by atoms with Gasteiger partial charge in [-0.05, 0) is 37.3 Å². The van der Waals surface area contributed by atoms with E-state index >= 15 is 0 Å². The Bertz CT molecular complexity index is 1050. The van der Waals surface area contributed by atoms with Crippen LogP contribution in [0.2, 0.25) is 0 Å². The van der Waals surface area contributed by atoms with Crippen LogP contribution in [0.3, 0.4) is 0 Å². The van der Waals surface area contributed by atoms with E-state index in [-0.39, 0.29) is 5.13 Å². The number of nitrogens with one attached hydrogen (secondary N) is 2. The fourth-order valence-corrected chi connectivity index (χ4v) is 3.45. The molecule has 0 saturated carbocycles. The van der Waals surface area contributed by atoms with Crippen LogP contribution < -0.4 is 5.32 Å². The molecule has 0 fully saturated rings. The summed E-state index contributed by atoms with van der Waals surface area (Å²) in [5.41, 5.74) is 0.220. The molecule has 2 N–H and O–H groups in total. The molecule has 0 unspecified atom stereocenters. The van der Waals surface area contributed by atoms with Crippen molar-refractivity contribution in [2.45, 2.75) is 13.5 Å². The van der Waals surface area contributed by atoms with Crippen molar-refractivity contribution in [3.05, 3.63) is 58.5 Å². The molecular weight excluding hydrogens is 380 g/mol. The maximum absolute atomic E-state index is 13.7. The van der Waals surface area contributed by atoms with Gasteiger partial charge in [0.2, 0.25) is 0 Å². The van der Waals surface area contributed by atoms with Gasteiger partial charge < -0.3 is 0 Å². The smallest absolute Gasteiger partial charge is 0.260 e. The number of allylic oxidation sites excluding steroid dienone is 1. The highest BCUT2D eigenvalue weighted by molar-refractivity contribution is 7.71. The Balaban J connectivity index is 1.92. The molecular formula is C16H13F2N5OS2. The predicted octanol–water partition coefficient (Wildman–Crippen LogP) is 4.09. The van der Waals surface area contributed by atoms with E-state index in [1.165, 1.54) is 0 Å². The van der Waals surface area contributed by atoms with E-state index in [2.05, 4.69) is 27.1 Å². The molecule has 3 aromatic rings.